The SMILES string of the molecule is CCOc1ccc([C@H]2C(C(=O)OC(C)C)=C(C)N=c3s/c(=C/c4ccc(OCc5ccc(F)cc5)c(OCC)c4)c(=O)n32)cc1. The second-order valence-electron chi connectivity index (χ2n) is 10.6. The van der Waals surface area contributed by atoms with Crippen LogP contribution in [0.4, 0.5) is 4.39 Å². The summed E-state index contributed by atoms with van der Waals surface area (Å²) >= 11 is 1.24. The van der Waals surface area contributed by atoms with Gasteiger partial charge in [0.05, 0.1) is 41.2 Å². The minimum absolute atomic E-state index is 0.241. The molecule has 0 saturated carbocycles. The van der Waals surface area contributed by atoms with Crippen LogP contribution in [0.5, 0.6) is 17.2 Å². The molecule has 5 rings (SSSR count). The van der Waals surface area contributed by atoms with Crippen LogP contribution in [0.3, 0.4) is 0 Å². The molecule has 0 bridgehead atoms. The lowest BCUT2D eigenvalue weighted by Crippen LogP contribution is -2.40. The predicted octanol–water partition coefficient (Wildman–Crippen LogP) is 5.70. The maximum atomic E-state index is 14.0. The molecule has 3 aromatic carbocycles. The van der Waals surface area contributed by atoms with E-state index in [1.807, 2.05) is 50.2 Å². The van der Waals surface area contributed by atoms with Crippen LogP contribution in [-0.4, -0.2) is 29.9 Å². The van der Waals surface area contributed by atoms with Gasteiger partial charge in [0.2, 0.25) is 0 Å². The van der Waals surface area contributed by atoms with Crippen molar-refractivity contribution in [3.63, 3.8) is 0 Å². The molecule has 45 heavy (non-hydrogen) atoms. The third-order valence-electron chi connectivity index (χ3n) is 6.96. The topological polar surface area (TPSA) is 88.4 Å². The summed E-state index contributed by atoms with van der Waals surface area (Å²) in [5, 5.41) is 0. The van der Waals surface area contributed by atoms with Crippen LogP contribution in [0, 0.1) is 5.82 Å². The van der Waals surface area contributed by atoms with E-state index in [2.05, 4.69) is 4.99 Å². The van der Waals surface area contributed by atoms with E-state index in [0.717, 1.165) is 16.7 Å². The number of carbonyl (C=O) groups excluding carboxylic acids is 1. The average molecular weight is 631 g/mol. The highest BCUT2D eigenvalue weighted by atomic mass is 32.1. The van der Waals surface area contributed by atoms with E-state index in [-0.39, 0.29) is 24.1 Å². The van der Waals surface area contributed by atoms with Crippen molar-refractivity contribution in [2.75, 3.05) is 13.2 Å². The summed E-state index contributed by atoms with van der Waals surface area (Å²) in [5.74, 6) is 0.908. The van der Waals surface area contributed by atoms with E-state index in [9.17, 15) is 14.0 Å². The molecule has 1 aliphatic rings. The molecule has 0 radical (unpaired) electrons. The Morgan fingerprint density at radius 3 is 2.36 bits per heavy atom. The van der Waals surface area contributed by atoms with Crippen LogP contribution in [0.15, 0.2) is 87.8 Å². The van der Waals surface area contributed by atoms with Gasteiger partial charge in [0, 0.05) is 0 Å². The van der Waals surface area contributed by atoms with Crippen LogP contribution in [0.1, 0.15) is 57.4 Å². The number of nitrogens with zero attached hydrogens (tertiary/aromatic N) is 2. The number of benzene rings is 3. The number of thiazole rings is 1. The molecule has 1 atom stereocenters. The zero-order valence-corrected chi connectivity index (χ0v) is 26.7. The van der Waals surface area contributed by atoms with Crippen molar-refractivity contribution < 1.29 is 28.1 Å². The first-order valence-corrected chi connectivity index (χ1v) is 15.6. The van der Waals surface area contributed by atoms with Gasteiger partial charge >= 0.3 is 5.97 Å². The minimum Gasteiger partial charge on any atom is -0.494 e. The van der Waals surface area contributed by atoms with Gasteiger partial charge in [-0.2, -0.15) is 0 Å². The van der Waals surface area contributed by atoms with Gasteiger partial charge in [-0.3, -0.25) is 9.36 Å². The standard InChI is InChI=1S/C35H35FN2O6S/c1-6-41-27-15-11-25(12-16-27)32-31(34(40)44-21(3)4)22(5)37-35-38(32)33(39)30(45-35)19-24-10-17-28(29(18-24)42-7-2)43-20-23-8-13-26(36)14-9-23/h8-19,21,32H,6-7,20H2,1-5H3/b30-19+/t32-/m0/s1. The summed E-state index contributed by atoms with van der Waals surface area (Å²) in [4.78, 5) is 32.5. The van der Waals surface area contributed by atoms with Crippen LogP contribution >= 0.6 is 11.3 Å². The first-order valence-electron chi connectivity index (χ1n) is 14.8. The van der Waals surface area contributed by atoms with E-state index < -0.39 is 12.0 Å². The Labute approximate surface area is 264 Å². The highest BCUT2D eigenvalue weighted by molar-refractivity contribution is 7.07. The third-order valence-corrected chi connectivity index (χ3v) is 7.95. The van der Waals surface area contributed by atoms with E-state index in [0.29, 0.717) is 51.1 Å². The molecule has 0 unspecified atom stereocenters. The van der Waals surface area contributed by atoms with Gasteiger partial charge in [0.1, 0.15) is 18.2 Å². The predicted molar refractivity (Wildman–Crippen MR) is 171 cm³/mol. The summed E-state index contributed by atoms with van der Waals surface area (Å²) in [6, 6.07) is 18.2. The Morgan fingerprint density at radius 2 is 1.69 bits per heavy atom. The van der Waals surface area contributed by atoms with E-state index >= 15 is 0 Å². The first-order chi connectivity index (χ1) is 21.7. The number of hydrogen-bond acceptors (Lipinski definition) is 8. The monoisotopic (exact) mass is 630 g/mol. The number of ether oxygens (including phenoxy) is 4. The molecule has 234 valence electrons. The van der Waals surface area contributed by atoms with Gasteiger partial charge in [-0.1, -0.05) is 41.7 Å². The molecule has 0 saturated heterocycles. The molecular weight excluding hydrogens is 595 g/mol. The largest absolute Gasteiger partial charge is 0.494 e. The fourth-order valence-electron chi connectivity index (χ4n) is 4.98. The Balaban J connectivity index is 1.54. The second kappa shape index (κ2) is 13.9. The van der Waals surface area contributed by atoms with Crippen molar-refractivity contribution in [1.82, 2.24) is 4.57 Å². The second-order valence-corrected chi connectivity index (χ2v) is 11.6. The molecule has 0 spiro atoms. The number of aromatic nitrogens is 1. The fraction of sp³-hybridized carbons (Fsp3) is 0.286. The van der Waals surface area contributed by atoms with Crippen LogP contribution < -0.4 is 29.1 Å². The first kappa shape index (κ1) is 31.7. The maximum Gasteiger partial charge on any atom is 0.338 e. The zero-order valence-electron chi connectivity index (χ0n) is 25.8. The smallest absolute Gasteiger partial charge is 0.338 e. The lowest BCUT2D eigenvalue weighted by Gasteiger charge is -2.25. The van der Waals surface area contributed by atoms with Crippen molar-refractivity contribution >= 4 is 23.4 Å². The van der Waals surface area contributed by atoms with Gasteiger partial charge in [-0.05, 0) is 93.8 Å². The molecule has 1 aromatic heterocycles. The van der Waals surface area contributed by atoms with Gasteiger partial charge < -0.3 is 18.9 Å². The van der Waals surface area contributed by atoms with Crippen molar-refractivity contribution in [2.45, 2.75) is 53.4 Å². The highest BCUT2D eigenvalue weighted by Crippen LogP contribution is 2.32. The molecule has 0 amide bonds. The van der Waals surface area contributed by atoms with Gasteiger partial charge in [0.15, 0.2) is 16.3 Å². The Bertz CT molecular complexity index is 1890. The molecule has 8 nitrogen and oxygen atoms in total. The lowest BCUT2D eigenvalue weighted by atomic mass is 9.96. The van der Waals surface area contributed by atoms with E-state index in [1.54, 1.807) is 49.6 Å². The number of esters is 1. The van der Waals surface area contributed by atoms with E-state index in [1.165, 1.54) is 23.5 Å². The van der Waals surface area contributed by atoms with Crippen LogP contribution in [0.25, 0.3) is 6.08 Å². The minimum atomic E-state index is -0.730. The third kappa shape index (κ3) is 7.17. The van der Waals surface area contributed by atoms with Gasteiger partial charge in [-0.25, -0.2) is 14.2 Å². The van der Waals surface area contributed by atoms with Gasteiger partial charge in [0.25, 0.3) is 5.56 Å². The summed E-state index contributed by atoms with van der Waals surface area (Å²) in [6.45, 7) is 10.3. The van der Waals surface area contributed by atoms with Crippen molar-refractivity contribution in [3.05, 3.63) is 120 Å². The lowest BCUT2D eigenvalue weighted by molar-refractivity contribution is -0.143. The Hall–Kier alpha value is -4.70. The van der Waals surface area contributed by atoms with Crippen LogP contribution in [-0.2, 0) is 16.1 Å². The van der Waals surface area contributed by atoms with Crippen molar-refractivity contribution in [2.24, 2.45) is 4.99 Å². The van der Waals surface area contributed by atoms with Crippen LogP contribution in [0.2, 0.25) is 0 Å². The number of rotatable bonds is 11. The van der Waals surface area contributed by atoms with Crippen molar-refractivity contribution in [1.29, 1.82) is 0 Å². The number of allylic oxidation sites excluding steroid dienone is 1. The quantitative estimate of drug-likeness (QED) is 0.198. The number of halogens is 1. The molecule has 4 aromatic rings. The molecule has 0 N–H and O–H groups in total. The normalized spacial score (nSPS) is 14.6. The summed E-state index contributed by atoms with van der Waals surface area (Å²) in [5.41, 5.74) is 2.80. The Kier molecular flexibility index (Phi) is 9.83. The molecule has 0 fully saturated rings. The van der Waals surface area contributed by atoms with E-state index in [4.69, 9.17) is 18.9 Å². The maximum absolute atomic E-state index is 14.0. The summed E-state index contributed by atoms with van der Waals surface area (Å²) < 4.78 is 38.3. The molecule has 1 aliphatic heterocycles. The molecular formula is C35H35FN2O6S. The number of hydrogen-bond donors (Lipinski definition) is 0. The summed E-state index contributed by atoms with van der Waals surface area (Å²) in [7, 11) is 0. The highest BCUT2D eigenvalue weighted by Gasteiger charge is 2.33. The molecule has 0 aliphatic carbocycles. The average Bonchev–Trinajstić information content (AvgIpc) is 3.31. The zero-order chi connectivity index (χ0) is 32.1. The number of fused-ring (bicyclic) bond motifs is 1. The fourth-order valence-corrected chi connectivity index (χ4v) is 6.03. The van der Waals surface area contributed by atoms with Gasteiger partial charge in [-0.15, -0.1) is 0 Å². The number of carbonyl (C=O) groups is 1. The molecule has 10 heteroatoms. The van der Waals surface area contributed by atoms with Crippen molar-refractivity contribution in [3.8, 4) is 17.2 Å². The Morgan fingerprint density at radius 1 is 0.978 bits per heavy atom. The molecule has 2 heterocycles. The summed E-state index contributed by atoms with van der Waals surface area (Å²) in [6.07, 6.45) is 1.43.